The zero-order valence-electron chi connectivity index (χ0n) is 11.9. The molecule has 0 saturated heterocycles. The van der Waals surface area contributed by atoms with Crippen LogP contribution in [-0.2, 0) is 10.0 Å². The van der Waals surface area contributed by atoms with Crippen LogP contribution >= 0.6 is 0 Å². The topological polar surface area (TPSA) is 95.5 Å². The van der Waals surface area contributed by atoms with E-state index in [9.17, 15) is 13.2 Å². The van der Waals surface area contributed by atoms with Crippen LogP contribution in [0.4, 0.5) is 0 Å². The van der Waals surface area contributed by atoms with Crippen LogP contribution in [0.5, 0.6) is 0 Å². The third kappa shape index (κ3) is 6.40. The fourth-order valence-electron chi connectivity index (χ4n) is 1.60. The summed E-state index contributed by atoms with van der Waals surface area (Å²) in [6.07, 6.45) is 1.05. The summed E-state index contributed by atoms with van der Waals surface area (Å²) in [6.45, 7) is 1.86. The number of carbonyl (C=O) groups excluding carboxylic acids is 1. The number of carbonyl (C=O) groups is 1. The number of benzene rings is 1. The Kier molecular flexibility index (Phi) is 6.37. The summed E-state index contributed by atoms with van der Waals surface area (Å²) in [7, 11) is -3.27. The zero-order valence-corrected chi connectivity index (χ0v) is 12.8. The van der Waals surface area contributed by atoms with Gasteiger partial charge < -0.3 is 10.4 Å². The van der Waals surface area contributed by atoms with Gasteiger partial charge in [0.15, 0.2) is 0 Å². The molecule has 0 aliphatic carbocycles. The molecule has 21 heavy (non-hydrogen) atoms. The van der Waals surface area contributed by atoms with Crippen molar-refractivity contribution in [3.05, 3.63) is 34.9 Å². The SMILES string of the molecule is Cc1ccc(C#CCO)c(C(=O)NCCNS(C)(=O)=O)c1. The van der Waals surface area contributed by atoms with E-state index in [2.05, 4.69) is 21.9 Å². The predicted molar refractivity (Wildman–Crippen MR) is 80.3 cm³/mol. The Labute approximate surface area is 124 Å². The van der Waals surface area contributed by atoms with Crippen LogP contribution in [0.2, 0.25) is 0 Å². The molecule has 0 spiro atoms. The van der Waals surface area contributed by atoms with Crippen LogP contribution in [0.15, 0.2) is 18.2 Å². The van der Waals surface area contributed by atoms with Gasteiger partial charge in [-0.3, -0.25) is 4.79 Å². The Morgan fingerprint density at radius 3 is 2.67 bits per heavy atom. The maximum atomic E-state index is 12.1. The van der Waals surface area contributed by atoms with E-state index in [0.717, 1.165) is 11.8 Å². The summed E-state index contributed by atoms with van der Waals surface area (Å²) in [6, 6.07) is 5.23. The maximum Gasteiger partial charge on any atom is 0.252 e. The van der Waals surface area contributed by atoms with E-state index in [0.29, 0.717) is 11.1 Å². The highest BCUT2D eigenvalue weighted by molar-refractivity contribution is 7.88. The first-order valence-corrected chi connectivity index (χ1v) is 8.16. The molecule has 0 aliphatic rings. The lowest BCUT2D eigenvalue weighted by Crippen LogP contribution is -2.34. The monoisotopic (exact) mass is 310 g/mol. The Hall–Kier alpha value is -1.88. The number of aliphatic hydroxyl groups excluding tert-OH is 1. The normalized spacial score (nSPS) is 10.6. The molecule has 1 amide bonds. The molecule has 0 aromatic heterocycles. The molecule has 1 rings (SSSR count). The van der Waals surface area contributed by atoms with Gasteiger partial charge in [0.25, 0.3) is 5.91 Å². The van der Waals surface area contributed by atoms with E-state index in [4.69, 9.17) is 5.11 Å². The van der Waals surface area contributed by atoms with E-state index in [1.54, 1.807) is 12.1 Å². The van der Waals surface area contributed by atoms with Crippen molar-refractivity contribution in [1.29, 1.82) is 0 Å². The molecular weight excluding hydrogens is 292 g/mol. The summed E-state index contributed by atoms with van der Waals surface area (Å²) < 4.78 is 24.1. The molecule has 6 nitrogen and oxygen atoms in total. The van der Waals surface area contributed by atoms with Crippen molar-refractivity contribution < 1.29 is 18.3 Å². The van der Waals surface area contributed by atoms with E-state index in [-0.39, 0.29) is 25.6 Å². The van der Waals surface area contributed by atoms with Gasteiger partial charge in [-0.15, -0.1) is 0 Å². The number of rotatable bonds is 5. The Morgan fingerprint density at radius 1 is 1.33 bits per heavy atom. The minimum Gasteiger partial charge on any atom is -0.384 e. The molecule has 0 radical (unpaired) electrons. The second kappa shape index (κ2) is 7.78. The highest BCUT2D eigenvalue weighted by Crippen LogP contribution is 2.10. The first kappa shape index (κ1) is 17.2. The van der Waals surface area contributed by atoms with Gasteiger partial charge in [0.2, 0.25) is 10.0 Å². The average molecular weight is 310 g/mol. The fourth-order valence-corrected chi connectivity index (χ4v) is 2.07. The lowest BCUT2D eigenvalue weighted by atomic mass is 10.0. The summed E-state index contributed by atoms with van der Waals surface area (Å²) in [5, 5.41) is 11.3. The zero-order chi connectivity index (χ0) is 15.9. The van der Waals surface area contributed by atoms with Crippen molar-refractivity contribution in [3.8, 4) is 11.8 Å². The Bertz CT molecular complexity index is 672. The van der Waals surface area contributed by atoms with Gasteiger partial charge in [0.05, 0.1) is 11.8 Å². The fraction of sp³-hybridized carbons (Fsp3) is 0.357. The second-order valence-corrected chi connectivity index (χ2v) is 6.26. The van der Waals surface area contributed by atoms with Crippen molar-refractivity contribution in [2.75, 3.05) is 26.0 Å². The summed E-state index contributed by atoms with van der Waals surface area (Å²) >= 11 is 0. The number of nitrogens with one attached hydrogen (secondary N) is 2. The number of aliphatic hydroxyl groups is 1. The van der Waals surface area contributed by atoms with Crippen LogP contribution in [0.25, 0.3) is 0 Å². The van der Waals surface area contributed by atoms with Crippen LogP contribution in [0.1, 0.15) is 21.5 Å². The second-order valence-electron chi connectivity index (χ2n) is 4.43. The Balaban J connectivity index is 2.75. The van der Waals surface area contributed by atoms with Crippen molar-refractivity contribution in [2.45, 2.75) is 6.92 Å². The van der Waals surface area contributed by atoms with Gasteiger partial charge in [0.1, 0.15) is 6.61 Å². The first-order valence-electron chi connectivity index (χ1n) is 6.26. The van der Waals surface area contributed by atoms with Crippen molar-refractivity contribution >= 4 is 15.9 Å². The number of aryl methyl sites for hydroxylation is 1. The molecule has 0 aliphatic heterocycles. The van der Waals surface area contributed by atoms with Crippen LogP contribution < -0.4 is 10.0 Å². The van der Waals surface area contributed by atoms with Gasteiger partial charge >= 0.3 is 0 Å². The molecule has 0 atom stereocenters. The van der Waals surface area contributed by atoms with E-state index < -0.39 is 10.0 Å². The van der Waals surface area contributed by atoms with Crippen LogP contribution in [0, 0.1) is 18.8 Å². The molecule has 1 aromatic rings. The molecule has 7 heteroatoms. The maximum absolute atomic E-state index is 12.1. The minimum atomic E-state index is -3.27. The third-order valence-corrected chi connectivity index (χ3v) is 3.23. The van der Waals surface area contributed by atoms with Crippen molar-refractivity contribution in [2.24, 2.45) is 0 Å². The summed E-state index contributed by atoms with van der Waals surface area (Å²) in [5.74, 6) is 4.88. The van der Waals surface area contributed by atoms with E-state index >= 15 is 0 Å². The predicted octanol–water partition coefficient (Wildman–Crippen LogP) is -0.382. The van der Waals surface area contributed by atoms with Crippen molar-refractivity contribution in [1.82, 2.24) is 10.0 Å². The van der Waals surface area contributed by atoms with Crippen LogP contribution in [-0.4, -0.2) is 45.4 Å². The number of sulfonamides is 1. The number of hydrogen-bond donors (Lipinski definition) is 3. The number of amides is 1. The summed E-state index contributed by atoms with van der Waals surface area (Å²) in [5.41, 5.74) is 1.82. The van der Waals surface area contributed by atoms with Gasteiger partial charge in [-0.2, -0.15) is 0 Å². The molecule has 0 heterocycles. The quantitative estimate of drug-likeness (QED) is 0.510. The molecule has 3 N–H and O–H groups in total. The van der Waals surface area contributed by atoms with Crippen LogP contribution in [0.3, 0.4) is 0 Å². The molecule has 1 aromatic carbocycles. The van der Waals surface area contributed by atoms with Crippen molar-refractivity contribution in [3.63, 3.8) is 0 Å². The lowest BCUT2D eigenvalue weighted by molar-refractivity contribution is 0.0954. The molecule has 0 unspecified atom stereocenters. The van der Waals surface area contributed by atoms with Gasteiger partial charge in [-0.1, -0.05) is 23.5 Å². The summed E-state index contributed by atoms with van der Waals surface area (Å²) in [4.78, 5) is 12.1. The standard InChI is InChI=1S/C14H18N2O4S/c1-11-5-6-12(4-3-9-17)13(10-11)14(18)15-7-8-16-21(2,19)20/h5-6,10,16-17H,7-9H2,1-2H3,(H,15,18). The number of hydrogen-bond acceptors (Lipinski definition) is 4. The van der Waals surface area contributed by atoms with E-state index in [1.807, 2.05) is 13.0 Å². The third-order valence-electron chi connectivity index (χ3n) is 2.50. The highest BCUT2D eigenvalue weighted by Gasteiger charge is 2.10. The molecule has 0 bridgehead atoms. The molecule has 0 saturated carbocycles. The molecule has 114 valence electrons. The smallest absolute Gasteiger partial charge is 0.252 e. The highest BCUT2D eigenvalue weighted by atomic mass is 32.2. The molecular formula is C14H18N2O4S. The van der Waals surface area contributed by atoms with E-state index in [1.165, 1.54) is 0 Å². The minimum absolute atomic E-state index is 0.119. The van der Waals surface area contributed by atoms with Gasteiger partial charge in [-0.05, 0) is 19.1 Å². The average Bonchev–Trinajstić information content (AvgIpc) is 2.41. The lowest BCUT2D eigenvalue weighted by Gasteiger charge is -2.08. The van der Waals surface area contributed by atoms with Gasteiger partial charge in [0, 0.05) is 18.7 Å². The largest absolute Gasteiger partial charge is 0.384 e. The molecule has 0 fully saturated rings. The van der Waals surface area contributed by atoms with Gasteiger partial charge in [-0.25, -0.2) is 13.1 Å². The Morgan fingerprint density at radius 2 is 2.05 bits per heavy atom. The first-order chi connectivity index (χ1) is 9.83.